The molecule has 0 aliphatic heterocycles. The summed E-state index contributed by atoms with van der Waals surface area (Å²) in [6.07, 6.45) is 1.76. The van der Waals surface area contributed by atoms with Crippen LogP contribution in [0.3, 0.4) is 0 Å². The van der Waals surface area contributed by atoms with Crippen LogP contribution in [0, 0.1) is 13.8 Å². The summed E-state index contributed by atoms with van der Waals surface area (Å²) in [5.74, 6) is -0.858. The van der Waals surface area contributed by atoms with Crippen molar-refractivity contribution in [2.75, 3.05) is 24.3 Å². The Morgan fingerprint density at radius 3 is 2.46 bits per heavy atom. The zero-order valence-corrected chi connectivity index (χ0v) is 25.6. The fraction of sp³-hybridized carbons (Fsp3) is 0.276. The number of aryl methyl sites for hydroxylation is 1. The second kappa shape index (κ2) is 13.7. The van der Waals surface area contributed by atoms with Crippen LogP contribution >= 0.6 is 34.4 Å². The van der Waals surface area contributed by atoms with Crippen molar-refractivity contribution >= 4 is 57.3 Å². The minimum absolute atomic E-state index is 0.00254. The van der Waals surface area contributed by atoms with Gasteiger partial charge in [0.1, 0.15) is 9.88 Å². The normalized spacial score (nSPS) is 10.8. The Bertz CT molecular complexity index is 1570. The van der Waals surface area contributed by atoms with Crippen molar-refractivity contribution < 1.29 is 23.9 Å². The van der Waals surface area contributed by atoms with E-state index >= 15 is 0 Å². The number of ether oxygens (including phenoxy) is 2. The topological polar surface area (TPSA) is 112 Å². The molecular formula is C29H30N4O5S3. The third-order valence-corrected chi connectivity index (χ3v) is 9.04. The molecule has 1 N–H and O–H groups in total. The van der Waals surface area contributed by atoms with Crippen LogP contribution in [0.2, 0.25) is 0 Å². The van der Waals surface area contributed by atoms with Gasteiger partial charge in [-0.15, -0.1) is 39.4 Å². The van der Waals surface area contributed by atoms with Crippen LogP contribution in [0.1, 0.15) is 44.3 Å². The zero-order valence-electron chi connectivity index (χ0n) is 23.2. The monoisotopic (exact) mass is 610 g/mol. The third-order valence-electron chi connectivity index (χ3n) is 5.98. The number of nitrogens with zero attached hydrogens (tertiary/aromatic N) is 3. The molecule has 0 saturated carbocycles. The van der Waals surface area contributed by atoms with Gasteiger partial charge in [-0.1, -0.05) is 48.2 Å². The summed E-state index contributed by atoms with van der Waals surface area (Å²) >= 11 is 3.85. The molecule has 0 radical (unpaired) electrons. The second-order valence-electron chi connectivity index (χ2n) is 8.69. The van der Waals surface area contributed by atoms with E-state index in [1.165, 1.54) is 16.6 Å². The number of esters is 2. The summed E-state index contributed by atoms with van der Waals surface area (Å²) in [5, 5.41) is 14.5. The van der Waals surface area contributed by atoms with E-state index in [1.807, 2.05) is 22.8 Å². The zero-order chi connectivity index (χ0) is 29.5. The van der Waals surface area contributed by atoms with E-state index in [-0.39, 0.29) is 40.3 Å². The predicted molar refractivity (Wildman–Crippen MR) is 164 cm³/mol. The summed E-state index contributed by atoms with van der Waals surface area (Å²) in [6, 6.07) is 10.1. The van der Waals surface area contributed by atoms with Gasteiger partial charge >= 0.3 is 11.9 Å². The molecule has 214 valence electrons. The van der Waals surface area contributed by atoms with Gasteiger partial charge in [-0.2, -0.15) is 0 Å². The van der Waals surface area contributed by atoms with Gasteiger partial charge in [-0.05, 0) is 38.8 Å². The van der Waals surface area contributed by atoms with E-state index in [4.69, 9.17) is 9.47 Å². The standard InChI is InChI=1S/C29H30N4O5S3/c1-6-14-33-25(20-15-39-18(5)23(20)19-12-10-9-11-13-19)31-32-29(33)40-16-21(34)30-26-22(27(35)37-7-2)17(4)24(41-26)28(36)38-8-3/h6,9-13,15H,1,7-8,14,16H2,2-5H3,(H,30,34). The lowest BCUT2D eigenvalue weighted by atomic mass is 10.0. The van der Waals surface area contributed by atoms with Gasteiger partial charge in [0.15, 0.2) is 11.0 Å². The Kier molecular flexibility index (Phi) is 10.1. The quantitative estimate of drug-likeness (QED) is 0.108. The first-order valence-electron chi connectivity index (χ1n) is 12.9. The van der Waals surface area contributed by atoms with Crippen LogP contribution in [-0.4, -0.2) is 51.6 Å². The summed E-state index contributed by atoms with van der Waals surface area (Å²) in [4.78, 5) is 39.6. The average Bonchev–Trinajstić information content (AvgIpc) is 3.63. The van der Waals surface area contributed by atoms with Crippen molar-refractivity contribution in [2.45, 2.75) is 39.4 Å². The summed E-state index contributed by atoms with van der Waals surface area (Å²) in [6.45, 7) is 11.8. The Labute approximate surface area is 250 Å². The predicted octanol–water partition coefficient (Wildman–Crippen LogP) is 6.62. The smallest absolute Gasteiger partial charge is 0.348 e. The number of rotatable bonds is 12. The molecule has 0 unspecified atom stereocenters. The number of carbonyl (C=O) groups excluding carboxylic acids is 3. The fourth-order valence-electron chi connectivity index (χ4n) is 4.21. The van der Waals surface area contributed by atoms with Crippen molar-refractivity contribution in [3.8, 4) is 22.5 Å². The van der Waals surface area contributed by atoms with Crippen LogP contribution < -0.4 is 5.32 Å². The molecule has 4 aromatic rings. The molecule has 0 bridgehead atoms. The van der Waals surface area contributed by atoms with Gasteiger partial charge < -0.3 is 14.8 Å². The Balaban J connectivity index is 1.57. The number of hydrogen-bond acceptors (Lipinski definition) is 10. The molecule has 4 rings (SSSR count). The number of thiophene rings is 2. The van der Waals surface area contributed by atoms with Gasteiger partial charge in [0.05, 0.1) is 24.5 Å². The van der Waals surface area contributed by atoms with Crippen LogP contribution in [0.15, 0.2) is 53.5 Å². The van der Waals surface area contributed by atoms with Crippen molar-refractivity contribution in [3.63, 3.8) is 0 Å². The van der Waals surface area contributed by atoms with E-state index < -0.39 is 11.9 Å². The molecule has 3 aromatic heterocycles. The van der Waals surface area contributed by atoms with Crippen LogP contribution in [-0.2, 0) is 20.8 Å². The van der Waals surface area contributed by atoms with Crippen molar-refractivity contribution in [3.05, 3.63) is 69.2 Å². The molecule has 1 amide bonds. The van der Waals surface area contributed by atoms with Gasteiger partial charge in [0.25, 0.3) is 0 Å². The number of allylic oxidation sites excluding steroid dienone is 1. The number of benzene rings is 1. The number of anilines is 1. The highest BCUT2D eigenvalue weighted by atomic mass is 32.2. The lowest BCUT2D eigenvalue weighted by Crippen LogP contribution is -2.17. The molecule has 0 fully saturated rings. The van der Waals surface area contributed by atoms with Crippen molar-refractivity contribution in [1.82, 2.24) is 14.8 Å². The minimum atomic E-state index is -0.615. The van der Waals surface area contributed by atoms with E-state index in [2.05, 4.69) is 46.5 Å². The van der Waals surface area contributed by atoms with E-state index in [1.54, 1.807) is 38.2 Å². The lowest BCUT2D eigenvalue weighted by Gasteiger charge is -2.10. The van der Waals surface area contributed by atoms with E-state index in [0.29, 0.717) is 23.1 Å². The number of amides is 1. The summed E-state index contributed by atoms with van der Waals surface area (Å²) in [7, 11) is 0. The Morgan fingerprint density at radius 1 is 1.07 bits per heavy atom. The van der Waals surface area contributed by atoms with Crippen LogP contribution in [0.4, 0.5) is 5.00 Å². The SMILES string of the molecule is C=CCn1c(SCC(=O)Nc2sc(C(=O)OCC)c(C)c2C(=O)OCC)nnc1-c1csc(C)c1-c1ccccc1. The van der Waals surface area contributed by atoms with Crippen LogP contribution in [0.25, 0.3) is 22.5 Å². The minimum Gasteiger partial charge on any atom is -0.462 e. The highest BCUT2D eigenvalue weighted by Gasteiger charge is 2.28. The van der Waals surface area contributed by atoms with Gasteiger partial charge in [0, 0.05) is 27.9 Å². The first-order valence-corrected chi connectivity index (χ1v) is 15.6. The maximum Gasteiger partial charge on any atom is 0.348 e. The van der Waals surface area contributed by atoms with Crippen LogP contribution in [0.5, 0.6) is 0 Å². The molecule has 0 saturated heterocycles. The molecule has 0 atom stereocenters. The average molecular weight is 611 g/mol. The number of aromatic nitrogens is 3. The molecule has 9 nitrogen and oxygen atoms in total. The van der Waals surface area contributed by atoms with Crippen molar-refractivity contribution in [1.29, 1.82) is 0 Å². The molecule has 41 heavy (non-hydrogen) atoms. The lowest BCUT2D eigenvalue weighted by molar-refractivity contribution is -0.113. The highest BCUT2D eigenvalue weighted by molar-refractivity contribution is 7.99. The van der Waals surface area contributed by atoms with Gasteiger partial charge in [-0.25, -0.2) is 9.59 Å². The number of nitrogens with one attached hydrogen (secondary N) is 1. The first kappa shape index (κ1) is 30.2. The first-order chi connectivity index (χ1) is 19.8. The molecule has 3 heterocycles. The van der Waals surface area contributed by atoms with E-state index in [9.17, 15) is 14.4 Å². The molecule has 0 aliphatic rings. The maximum absolute atomic E-state index is 13.1. The van der Waals surface area contributed by atoms with Gasteiger partial charge in [0.2, 0.25) is 5.91 Å². The highest BCUT2D eigenvalue weighted by Crippen LogP contribution is 2.39. The molecule has 0 aliphatic carbocycles. The molecule has 1 aromatic carbocycles. The summed E-state index contributed by atoms with van der Waals surface area (Å²) < 4.78 is 12.2. The Hall–Kier alpha value is -3.74. The summed E-state index contributed by atoms with van der Waals surface area (Å²) in [5.41, 5.74) is 3.71. The van der Waals surface area contributed by atoms with Crippen molar-refractivity contribution in [2.24, 2.45) is 0 Å². The number of hydrogen-bond donors (Lipinski definition) is 1. The van der Waals surface area contributed by atoms with Gasteiger partial charge in [-0.3, -0.25) is 9.36 Å². The molecule has 0 spiro atoms. The number of thioether (sulfide) groups is 1. The largest absolute Gasteiger partial charge is 0.462 e. The van der Waals surface area contributed by atoms with E-state index in [0.717, 1.165) is 28.0 Å². The second-order valence-corrected chi connectivity index (χ2v) is 11.7. The maximum atomic E-state index is 13.1. The molecule has 12 heteroatoms. The molecular weight excluding hydrogens is 581 g/mol. The fourth-order valence-corrected chi connectivity index (χ4v) is 6.92. The third kappa shape index (κ3) is 6.61. The number of carbonyl (C=O) groups is 3. The Morgan fingerprint density at radius 2 is 1.78 bits per heavy atom.